The Hall–Kier alpha value is -1.94. The highest BCUT2D eigenvalue weighted by Gasteiger charge is 2.21. The van der Waals surface area contributed by atoms with Crippen LogP contribution in [0.3, 0.4) is 0 Å². The van der Waals surface area contributed by atoms with E-state index in [0.717, 1.165) is 23.4 Å². The van der Waals surface area contributed by atoms with Gasteiger partial charge in [0, 0.05) is 21.9 Å². The lowest BCUT2D eigenvalue weighted by molar-refractivity contribution is 0.1000. The quantitative estimate of drug-likeness (QED) is 0.907. The van der Waals surface area contributed by atoms with Gasteiger partial charge in [0.2, 0.25) is 5.91 Å². The fourth-order valence-corrected chi connectivity index (χ4v) is 3.86. The number of nitrogens with two attached hydrogens (primary N) is 1. The number of carbonyl (C=O) groups excluding carboxylic acids is 1. The van der Waals surface area contributed by atoms with Crippen molar-refractivity contribution in [1.82, 2.24) is 0 Å². The number of nitrogens with one attached hydrogen (secondary N) is 1. The maximum atomic E-state index is 11.5. The first-order valence-electron chi connectivity index (χ1n) is 7.04. The molecule has 1 aliphatic heterocycles. The maximum Gasteiger partial charge on any atom is 0.249 e. The molecule has 1 atom stereocenters. The van der Waals surface area contributed by atoms with Crippen LogP contribution in [0.4, 0.5) is 5.69 Å². The molecular weight excluding hydrogens is 280 g/mol. The van der Waals surface area contributed by atoms with E-state index in [4.69, 9.17) is 5.73 Å². The van der Waals surface area contributed by atoms with Crippen molar-refractivity contribution in [3.05, 3.63) is 59.2 Å². The molecule has 0 radical (unpaired) electrons. The van der Waals surface area contributed by atoms with Gasteiger partial charge in [-0.15, -0.1) is 11.8 Å². The van der Waals surface area contributed by atoms with Crippen molar-refractivity contribution in [3.8, 4) is 0 Å². The number of thioether (sulfide) groups is 1. The van der Waals surface area contributed by atoms with Crippen molar-refractivity contribution in [3.63, 3.8) is 0 Å². The molecule has 2 aromatic rings. The topological polar surface area (TPSA) is 55.1 Å². The van der Waals surface area contributed by atoms with E-state index in [2.05, 4.69) is 29.6 Å². The van der Waals surface area contributed by atoms with Crippen molar-refractivity contribution in [2.45, 2.75) is 24.3 Å². The number of benzene rings is 2. The van der Waals surface area contributed by atoms with Crippen LogP contribution in [-0.4, -0.2) is 11.7 Å². The Balaban J connectivity index is 1.92. The summed E-state index contributed by atoms with van der Waals surface area (Å²) in [7, 11) is 0. The molecule has 1 heterocycles. The normalized spacial score (nSPS) is 17.1. The van der Waals surface area contributed by atoms with Crippen molar-refractivity contribution in [2.75, 3.05) is 11.1 Å². The average Bonchev–Trinajstić information content (AvgIpc) is 2.49. The molecule has 0 spiro atoms. The lowest BCUT2D eigenvalue weighted by Crippen LogP contribution is -2.18. The Kier molecular flexibility index (Phi) is 3.88. The molecule has 0 saturated carbocycles. The number of carbonyl (C=O) groups is 1. The van der Waals surface area contributed by atoms with E-state index in [1.165, 1.54) is 10.5 Å². The van der Waals surface area contributed by atoms with Gasteiger partial charge in [-0.3, -0.25) is 4.79 Å². The molecule has 4 heteroatoms. The number of hydrogen-bond acceptors (Lipinski definition) is 3. The summed E-state index contributed by atoms with van der Waals surface area (Å²) < 4.78 is 0. The van der Waals surface area contributed by atoms with Crippen LogP contribution >= 0.6 is 11.8 Å². The lowest BCUT2D eigenvalue weighted by atomic mass is 10.0. The third kappa shape index (κ3) is 2.76. The molecule has 0 aliphatic carbocycles. The average molecular weight is 298 g/mol. The number of amides is 1. The Bertz CT molecular complexity index is 684. The van der Waals surface area contributed by atoms with Crippen molar-refractivity contribution >= 4 is 23.4 Å². The Labute approximate surface area is 128 Å². The second kappa shape index (κ2) is 5.82. The van der Waals surface area contributed by atoms with Crippen LogP contribution in [0.15, 0.2) is 47.4 Å². The molecule has 3 N–H and O–H groups in total. The van der Waals surface area contributed by atoms with E-state index < -0.39 is 0 Å². The van der Waals surface area contributed by atoms with Crippen LogP contribution < -0.4 is 11.1 Å². The van der Waals surface area contributed by atoms with Crippen LogP contribution in [0, 0.1) is 6.92 Å². The van der Waals surface area contributed by atoms with E-state index in [9.17, 15) is 4.79 Å². The van der Waals surface area contributed by atoms with Gasteiger partial charge in [-0.1, -0.05) is 24.3 Å². The molecular formula is C17H18N2OS. The predicted molar refractivity (Wildman–Crippen MR) is 87.8 cm³/mol. The summed E-state index contributed by atoms with van der Waals surface area (Å²) in [6.45, 7) is 1.94. The molecule has 0 saturated heterocycles. The first-order valence-corrected chi connectivity index (χ1v) is 8.03. The van der Waals surface area contributed by atoms with Crippen LogP contribution in [0.5, 0.6) is 0 Å². The third-order valence-electron chi connectivity index (χ3n) is 3.89. The van der Waals surface area contributed by atoms with E-state index >= 15 is 0 Å². The SMILES string of the molecule is Cc1c(NC2CCSc3ccccc32)cccc1C(N)=O. The Morgan fingerprint density at radius 1 is 1.24 bits per heavy atom. The summed E-state index contributed by atoms with van der Waals surface area (Å²) in [6.07, 6.45) is 1.07. The minimum atomic E-state index is -0.379. The zero-order valence-electron chi connectivity index (χ0n) is 11.9. The predicted octanol–water partition coefficient (Wildman–Crippen LogP) is 3.74. The summed E-state index contributed by atoms with van der Waals surface area (Å²) >= 11 is 1.90. The first-order chi connectivity index (χ1) is 10.2. The number of fused-ring (bicyclic) bond motifs is 1. The monoisotopic (exact) mass is 298 g/mol. The van der Waals surface area contributed by atoms with Gasteiger partial charge >= 0.3 is 0 Å². The summed E-state index contributed by atoms with van der Waals surface area (Å²) in [4.78, 5) is 12.8. The fraction of sp³-hybridized carbons (Fsp3) is 0.235. The summed E-state index contributed by atoms with van der Waals surface area (Å²) in [6, 6.07) is 14.4. The molecule has 108 valence electrons. The van der Waals surface area contributed by atoms with Gasteiger partial charge in [0.1, 0.15) is 0 Å². The molecule has 0 aromatic heterocycles. The number of anilines is 1. The minimum Gasteiger partial charge on any atom is -0.378 e. The molecule has 0 fully saturated rings. The molecule has 3 nitrogen and oxygen atoms in total. The van der Waals surface area contributed by atoms with Crippen LogP contribution in [0.25, 0.3) is 0 Å². The number of primary amides is 1. The molecule has 1 unspecified atom stereocenters. The van der Waals surface area contributed by atoms with Gasteiger partial charge in [-0.25, -0.2) is 0 Å². The van der Waals surface area contributed by atoms with E-state index in [0.29, 0.717) is 5.56 Å². The zero-order valence-corrected chi connectivity index (χ0v) is 12.7. The van der Waals surface area contributed by atoms with Gasteiger partial charge in [0.15, 0.2) is 0 Å². The smallest absolute Gasteiger partial charge is 0.249 e. The van der Waals surface area contributed by atoms with Gasteiger partial charge in [-0.2, -0.15) is 0 Å². The standard InChI is InChI=1S/C17H18N2OS/c1-11-12(17(18)20)6-4-7-14(11)19-15-9-10-21-16-8-3-2-5-13(15)16/h2-8,15,19H,9-10H2,1H3,(H2,18,20). The Morgan fingerprint density at radius 3 is 2.86 bits per heavy atom. The molecule has 3 rings (SSSR count). The second-order valence-corrected chi connectivity index (χ2v) is 6.35. The number of rotatable bonds is 3. The van der Waals surface area contributed by atoms with Gasteiger partial charge in [-0.05, 0) is 42.7 Å². The maximum absolute atomic E-state index is 11.5. The summed E-state index contributed by atoms with van der Waals surface area (Å²) in [5, 5.41) is 3.58. The fourth-order valence-electron chi connectivity index (χ4n) is 2.74. The van der Waals surface area contributed by atoms with Crippen LogP contribution in [0.2, 0.25) is 0 Å². The van der Waals surface area contributed by atoms with Gasteiger partial charge < -0.3 is 11.1 Å². The first kappa shape index (κ1) is 14.0. The molecule has 0 bridgehead atoms. The largest absolute Gasteiger partial charge is 0.378 e. The lowest BCUT2D eigenvalue weighted by Gasteiger charge is -2.27. The molecule has 2 aromatic carbocycles. The summed E-state index contributed by atoms with van der Waals surface area (Å²) in [5.41, 5.74) is 9.24. The van der Waals surface area contributed by atoms with Crippen molar-refractivity contribution < 1.29 is 4.79 Å². The van der Waals surface area contributed by atoms with Gasteiger partial charge in [0.05, 0.1) is 6.04 Å². The van der Waals surface area contributed by atoms with E-state index in [1.807, 2.05) is 30.8 Å². The number of hydrogen-bond donors (Lipinski definition) is 2. The highest BCUT2D eigenvalue weighted by molar-refractivity contribution is 7.99. The third-order valence-corrected chi connectivity index (χ3v) is 5.01. The minimum absolute atomic E-state index is 0.282. The highest BCUT2D eigenvalue weighted by Crippen LogP contribution is 2.38. The van der Waals surface area contributed by atoms with Crippen LogP contribution in [-0.2, 0) is 0 Å². The van der Waals surface area contributed by atoms with E-state index in [1.54, 1.807) is 6.07 Å². The second-order valence-electron chi connectivity index (χ2n) is 5.21. The molecule has 1 aliphatic rings. The van der Waals surface area contributed by atoms with E-state index in [-0.39, 0.29) is 11.9 Å². The highest BCUT2D eigenvalue weighted by atomic mass is 32.2. The van der Waals surface area contributed by atoms with Crippen molar-refractivity contribution in [2.24, 2.45) is 5.73 Å². The summed E-state index contributed by atoms with van der Waals surface area (Å²) in [5.74, 6) is 0.721. The van der Waals surface area contributed by atoms with Crippen molar-refractivity contribution in [1.29, 1.82) is 0 Å². The molecule has 1 amide bonds. The zero-order chi connectivity index (χ0) is 14.8. The van der Waals surface area contributed by atoms with Gasteiger partial charge in [0.25, 0.3) is 0 Å². The Morgan fingerprint density at radius 2 is 2.05 bits per heavy atom. The molecule has 21 heavy (non-hydrogen) atoms. The van der Waals surface area contributed by atoms with Crippen LogP contribution in [0.1, 0.15) is 33.9 Å².